The third kappa shape index (κ3) is 3.55. The molecule has 29 heavy (non-hydrogen) atoms. The Balaban J connectivity index is 1.39. The van der Waals surface area contributed by atoms with Gasteiger partial charge in [0.1, 0.15) is 11.4 Å². The van der Waals surface area contributed by atoms with Crippen molar-refractivity contribution in [2.75, 3.05) is 5.32 Å². The molecule has 0 bridgehead atoms. The van der Waals surface area contributed by atoms with E-state index in [0.717, 1.165) is 21.0 Å². The molecule has 1 amide bonds. The molecule has 0 unspecified atom stereocenters. The lowest BCUT2D eigenvalue weighted by atomic mass is 10.2. The van der Waals surface area contributed by atoms with E-state index in [0.29, 0.717) is 15.3 Å². The molecule has 10 heteroatoms. The van der Waals surface area contributed by atoms with Gasteiger partial charge in [0.05, 0.1) is 22.3 Å². The van der Waals surface area contributed by atoms with Gasteiger partial charge in [0.25, 0.3) is 5.56 Å². The van der Waals surface area contributed by atoms with Gasteiger partial charge in [-0.15, -0.1) is 45.3 Å². The highest BCUT2D eigenvalue weighted by Crippen LogP contribution is 2.33. The molecule has 5 aromatic rings. The number of fused-ring (bicyclic) bond motifs is 1. The number of carbonyl (C=O) groups excluding carboxylic acids is 1. The number of thiazole rings is 1. The van der Waals surface area contributed by atoms with Crippen LogP contribution in [0.25, 0.3) is 31.2 Å². The minimum Gasteiger partial charge on any atom is -0.300 e. The van der Waals surface area contributed by atoms with Crippen molar-refractivity contribution in [1.29, 1.82) is 0 Å². The second-order valence-corrected chi connectivity index (χ2v) is 9.66. The zero-order chi connectivity index (χ0) is 19.8. The van der Waals surface area contributed by atoms with Crippen molar-refractivity contribution in [3.05, 3.63) is 62.5 Å². The fourth-order valence-electron chi connectivity index (χ4n) is 2.88. The number of carbonyl (C=O) groups is 1. The maximum Gasteiger partial charge on any atom is 0.263 e. The number of amides is 1. The predicted octanol–water partition coefficient (Wildman–Crippen LogP) is 5.01. The Bertz CT molecular complexity index is 1350. The monoisotopic (exact) mass is 456 g/mol. The number of hydrogen-bond donors (Lipinski definition) is 1. The highest BCUT2D eigenvalue weighted by molar-refractivity contribution is 7.18. The second-order valence-electron chi connectivity index (χ2n) is 6.05. The van der Waals surface area contributed by atoms with Gasteiger partial charge in [-0.1, -0.05) is 12.1 Å². The van der Waals surface area contributed by atoms with Crippen molar-refractivity contribution in [2.45, 2.75) is 6.54 Å². The van der Waals surface area contributed by atoms with Crippen LogP contribution in [0.15, 0.2) is 56.9 Å². The molecule has 1 N–H and O–H groups in total. The first-order valence-corrected chi connectivity index (χ1v) is 12.0. The van der Waals surface area contributed by atoms with Crippen molar-refractivity contribution >= 4 is 66.6 Å². The molecular weight excluding hydrogens is 445 g/mol. The predicted molar refractivity (Wildman–Crippen MR) is 121 cm³/mol. The SMILES string of the molecule is O=C(Cn1cnc2scc(-c3cccs3)c2c1=O)Nc1nc(-c2cccs2)cs1. The highest BCUT2D eigenvalue weighted by Gasteiger charge is 2.16. The Morgan fingerprint density at radius 3 is 2.59 bits per heavy atom. The average Bonchev–Trinajstić information content (AvgIpc) is 3.50. The van der Waals surface area contributed by atoms with E-state index in [4.69, 9.17) is 0 Å². The number of thiophene rings is 3. The summed E-state index contributed by atoms with van der Waals surface area (Å²) in [6, 6.07) is 7.87. The maximum absolute atomic E-state index is 13.0. The molecule has 5 rings (SSSR count). The molecule has 0 spiro atoms. The Hall–Kier alpha value is -2.66. The molecule has 144 valence electrons. The van der Waals surface area contributed by atoms with E-state index in [-0.39, 0.29) is 18.0 Å². The van der Waals surface area contributed by atoms with Crippen LogP contribution in [0, 0.1) is 0 Å². The van der Waals surface area contributed by atoms with Gasteiger partial charge in [0, 0.05) is 21.2 Å². The normalized spacial score (nSPS) is 11.2. The van der Waals surface area contributed by atoms with Gasteiger partial charge in [0.15, 0.2) is 5.13 Å². The Morgan fingerprint density at radius 2 is 1.83 bits per heavy atom. The zero-order valence-electron chi connectivity index (χ0n) is 14.7. The van der Waals surface area contributed by atoms with Crippen LogP contribution < -0.4 is 10.9 Å². The van der Waals surface area contributed by atoms with Gasteiger partial charge in [-0.2, -0.15) is 0 Å². The van der Waals surface area contributed by atoms with E-state index >= 15 is 0 Å². The third-order valence-electron chi connectivity index (χ3n) is 4.19. The molecule has 0 atom stereocenters. The lowest BCUT2D eigenvalue weighted by Gasteiger charge is -2.05. The smallest absolute Gasteiger partial charge is 0.263 e. The number of aromatic nitrogens is 3. The van der Waals surface area contributed by atoms with Crippen LogP contribution in [-0.4, -0.2) is 20.4 Å². The zero-order valence-corrected chi connectivity index (χ0v) is 18.0. The Morgan fingerprint density at radius 1 is 1.03 bits per heavy atom. The molecule has 0 saturated carbocycles. The summed E-state index contributed by atoms with van der Waals surface area (Å²) >= 11 is 5.96. The van der Waals surface area contributed by atoms with Gasteiger partial charge in [-0.05, 0) is 22.9 Å². The number of rotatable bonds is 5. The van der Waals surface area contributed by atoms with Gasteiger partial charge in [0.2, 0.25) is 5.91 Å². The molecular formula is C19H12N4O2S4. The van der Waals surface area contributed by atoms with Crippen LogP contribution in [0.1, 0.15) is 0 Å². The van der Waals surface area contributed by atoms with E-state index < -0.39 is 0 Å². The minimum atomic E-state index is -0.312. The van der Waals surface area contributed by atoms with Crippen molar-refractivity contribution in [1.82, 2.24) is 14.5 Å². The van der Waals surface area contributed by atoms with E-state index in [1.165, 1.54) is 33.6 Å². The number of nitrogens with one attached hydrogen (secondary N) is 1. The van der Waals surface area contributed by atoms with Gasteiger partial charge in [-0.25, -0.2) is 9.97 Å². The number of anilines is 1. The van der Waals surface area contributed by atoms with Crippen molar-refractivity contribution in [3.63, 3.8) is 0 Å². The van der Waals surface area contributed by atoms with Gasteiger partial charge < -0.3 is 5.32 Å². The summed E-state index contributed by atoms with van der Waals surface area (Å²) in [5.41, 5.74) is 1.49. The van der Waals surface area contributed by atoms with E-state index in [2.05, 4.69) is 15.3 Å². The van der Waals surface area contributed by atoms with Gasteiger partial charge in [-0.3, -0.25) is 14.2 Å². The quantitative estimate of drug-likeness (QED) is 0.403. The standard InChI is InChI=1S/C19H12N4O2S4/c24-15(22-19-21-12(9-29-19)14-4-2-6-27-14)7-23-10-20-17-16(18(23)25)11(8-28-17)13-3-1-5-26-13/h1-6,8-10H,7H2,(H,21,22,24). The van der Waals surface area contributed by atoms with Crippen LogP contribution in [0.4, 0.5) is 5.13 Å². The average molecular weight is 457 g/mol. The summed E-state index contributed by atoms with van der Waals surface area (Å²) in [5.74, 6) is -0.312. The third-order valence-corrected chi connectivity index (χ3v) is 7.63. The first kappa shape index (κ1) is 18.4. The molecule has 0 aliphatic heterocycles. The molecule has 5 aromatic heterocycles. The number of nitrogens with zero attached hydrogens (tertiary/aromatic N) is 3. The second kappa shape index (κ2) is 7.64. The van der Waals surface area contributed by atoms with E-state index in [9.17, 15) is 9.59 Å². The first-order valence-electron chi connectivity index (χ1n) is 8.49. The minimum absolute atomic E-state index is 0.116. The topological polar surface area (TPSA) is 76.9 Å². The molecule has 0 aliphatic carbocycles. The summed E-state index contributed by atoms with van der Waals surface area (Å²) in [7, 11) is 0. The van der Waals surface area contributed by atoms with Crippen LogP contribution >= 0.6 is 45.3 Å². The van der Waals surface area contributed by atoms with E-state index in [1.54, 1.807) is 22.7 Å². The molecule has 5 heterocycles. The molecule has 0 aromatic carbocycles. The summed E-state index contributed by atoms with van der Waals surface area (Å²) in [6.07, 6.45) is 1.43. The largest absolute Gasteiger partial charge is 0.300 e. The fraction of sp³-hybridized carbons (Fsp3) is 0.0526. The number of hydrogen-bond acceptors (Lipinski definition) is 8. The molecule has 0 radical (unpaired) electrons. The van der Waals surface area contributed by atoms with Crippen LogP contribution in [0.2, 0.25) is 0 Å². The molecule has 0 saturated heterocycles. The summed E-state index contributed by atoms with van der Waals surface area (Å²) in [5, 5.41) is 11.6. The Kier molecular flexibility index (Phi) is 4.84. The molecule has 6 nitrogen and oxygen atoms in total. The summed E-state index contributed by atoms with van der Waals surface area (Å²) in [6.45, 7) is -0.116. The van der Waals surface area contributed by atoms with Gasteiger partial charge >= 0.3 is 0 Å². The van der Waals surface area contributed by atoms with Crippen LogP contribution in [0.3, 0.4) is 0 Å². The van der Waals surface area contributed by atoms with Crippen molar-refractivity contribution < 1.29 is 4.79 Å². The summed E-state index contributed by atoms with van der Waals surface area (Å²) < 4.78 is 1.34. The lowest BCUT2D eigenvalue weighted by Crippen LogP contribution is -2.27. The van der Waals surface area contributed by atoms with Crippen LogP contribution in [0.5, 0.6) is 0 Å². The lowest BCUT2D eigenvalue weighted by molar-refractivity contribution is -0.116. The van der Waals surface area contributed by atoms with Crippen LogP contribution in [-0.2, 0) is 11.3 Å². The van der Waals surface area contributed by atoms with Crippen molar-refractivity contribution in [3.8, 4) is 21.0 Å². The highest BCUT2D eigenvalue weighted by atomic mass is 32.1. The molecule has 0 fully saturated rings. The van der Waals surface area contributed by atoms with Crippen molar-refractivity contribution in [2.24, 2.45) is 0 Å². The molecule has 0 aliphatic rings. The maximum atomic E-state index is 13.0. The Labute approximate surface area is 180 Å². The first-order chi connectivity index (χ1) is 14.2. The van der Waals surface area contributed by atoms with E-state index in [1.807, 2.05) is 45.8 Å². The fourth-order valence-corrected chi connectivity index (χ4v) is 6.08. The summed E-state index contributed by atoms with van der Waals surface area (Å²) in [4.78, 5) is 37.0.